The predicted octanol–water partition coefficient (Wildman–Crippen LogP) is 3.88. The molecule has 102 valence electrons. The molecular formula is C14H20F3N. The molecule has 0 radical (unpaired) electrons. The molecule has 18 heavy (non-hydrogen) atoms. The second-order valence-electron chi connectivity index (χ2n) is 5.17. The maximum atomic E-state index is 13.0. The van der Waals surface area contributed by atoms with Gasteiger partial charge in [-0.3, -0.25) is 0 Å². The van der Waals surface area contributed by atoms with Crippen LogP contribution in [0.25, 0.3) is 0 Å². The summed E-state index contributed by atoms with van der Waals surface area (Å²) in [6.45, 7) is 5.33. The fourth-order valence-corrected chi connectivity index (χ4v) is 1.90. The molecule has 1 unspecified atom stereocenters. The average Bonchev–Trinajstić information content (AvgIpc) is 2.26. The SMILES string of the molecule is CNC(C)(c1ccc(CC(C)C)cc1)C(F)(F)F. The van der Waals surface area contributed by atoms with Gasteiger partial charge in [-0.25, -0.2) is 0 Å². The number of hydrogen-bond donors (Lipinski definition) is 1. The van der Waals surface area contributed by atoms with Crippen LogP contribution in [0.3, 0.4) is 0 Å². The molecule has 0 aliphatic carbocycles. The van der Waals surface area contributed by atoms with Gasteiger partial charge < -0.3 is 5.32 Å². The molecule has 0 aliphatic heterocycles. The number of alkyl halides is 3. The molecule has 0 aromatic heterocycles. The molecule has 4 heteroatoms. The Morgan fingerprint density at radius 2 is 1.61 bits per heavy atom. The van der Waals surface area contributed by atoms with Crippen molar-refractivity contribution in [2.75, 3.05) is 7.05 Å². The van der Waals surface area contributed by atoms with Gasteiger partial charge in [0.2, 0.25) is 0 Å². The van der Waals surface area contributed by atoms with Crippen molar-refractivity contribution in [3.63, 3.8) is 0 Å². The Bertz CT molecular complexity index is 381. The normalized spacial score (nSPS) is 15.8. The Kier molecular flexibility index (Phi) is 4.43. The zero-order valence-corrected chi connectivity index (χ0v) is 11.2. The summed E-state index contributed by atoms with van der Waals surface area (Å²) in [6, 6.07) is 6.66. The van der Waals surface area contributed by atoms with Crippen LogP contribution >= 0.6 is 0 Å². The van der Waals surface area contributed by atoms with E-state index in [9.17, 15) is 13.2 Å². The second-order valence-corrected chi connectivity index (χ2v) is 5.17. The van der Waals surface area contributed by atoms with Gasteiger partial charge in [0.15, 0.2) is 0 Å². The molecule has 1 N–H and O–H groups in total. The molecule has 0 saturated heterocycles. The van der Waals surface area contributed by atoms with E-state index in [4.69, 9.17) is 0 Å². The zero-order valence-electron chi connectivity index (χ0n) is 11.2. The van der Waals surface area contributed by atoms with Crippen LogP contribution in [0.5, 0.6) is 0 Å². The summed E-state index contributed by atoms with van der Waals surface area (Å²) in [4.78, 5) is 0. The second kappa shape index (κ2) is 5.31. The fourth-order valence-electron chi connectivity index (χ4n) is 1.90. The highest BCUT2D eigenvalue weighted by atomic mass is 19.4. The van der Waals surface area contributed by atoms with Gasteiger partial charge in [-0.1, -0.05) is 38.1 Å². The van der Waals surface area contributed by atoms with E-state index in [2.05, 4.69) is 19.2 Å². The summed E-state index contributed by atoms with van der Waals surface area (Å²) in [7, 11) is 1.33. The minimum Gasteiger partial charge on any atom is -0.303 e. The minimum absolute atomic E-state index is 0.241. The number of nitrogens with one attached hydrogen (secondary N) is 1. The van der Waals surface area contributed by atoms with Crippen LogP contribution in [0.15, 0.2) is 24.3 Å². The first-order valence-corrected chi connectivity index (χ1v) is 6.05. The Morgan fingerprint density at radius 3 is 1.94 bits per heavy atom. The smallest absolute Gasteiger partial charge is 0.303 e. The molecule has 1 aromatic rings. The first-order chi connectivity index (χ1) is 8.20. The van der Waals surface area contributed by atoms with Crippen molar-refractivity contribution >= 4 is 0 Å². The number of halogens is 3. The minimum atomic E-state index is -4.32. The van der Waals surface area contributed by atoms with Crippen LogP contribution < -0.4 is 5.32 Å². The first kappa shape index (κ1) is 15.0. The van der Waals surface area contributed by atoms with Gasteiger partial charge in [-0.15, -0.1) is 0 Å². The molecule has 1 aromatic carbocycles. The highest BCUT2D eigenvalue weighted by Gasteiger charge is 2.51. The summed E-state index contributed by atoms with van der Waals surface area (Å²) >= 11 is 0. The monoisotopic (exact) mass is 259 g/mol. The molecule has 1 rings (SSSR count). The Hall–Kier alpha value is -1.03. The van der Waals surface area contributed by atoms with E-state index in [1.54, 1.807) is 24.3 Å². The van der Waals surface area contributed by atoms with Crippen molar-refractivity contribution in [2.24, 2.45) is 5.92 Å². The van der Waals surface area contributed by atoms with E-state index in [0.717, 1.165) is 18.9 Å². The topological polar surface area (TPSA) is 12.0 Å². The molecule has 0 saturated carbocycles. The van der Waals surface area contributed by atoms with Crippen LogP contribution in [0.4, 0.5) is 13.2 Å². The summed E-state index contributed by atoms with van der Waals surface area (Å²) < 4.78 is 39.1. The fraction of sp³-hybridized carbons (Fsp3) is 0.571. The summed E-state index contributed by atoms with van der Waals surface area (Å²) in [5.74, 6) is 0.495. The molecule has 0 amide bonds. The van der Waals surface area contributed by atoms with Crippen LogP contribution in [-0.2, 0) is 12.0 Å². The third-order valence-electron chi connectivity index (χ3n) is 3.24. The van der Waals surface area contributed by atoms with Gasteiger partial charge in [-0.05, 0) is 37.4 Å². The van der Waals surface area contributed by atoms with Gasteiger partial charge in [0.25, 0.3) is 0 Å². The summed E-state index contributed by atoms with van der Waals surface area (Å²) in [5.41, 5.74) is -0.692. The molecule has 0 bridgehead atoms. The van der Waals surface area contributed by atoms with Crippen molar-refractivity contribution < 1.29 is 13.2 Å². The van der Waals surface area contributed by atoms with Crippen molar-refractivity contribution in [3.8, 4) is 0 Å². The lowest BCUT2D eigenvalue weighted by Crippen LogP contribution is -2.49. The van der Waals surface area contributed by atoms with E-state index in [1.807, 2.05) is 0 Å². The molecular weight excluding hydrogens is 239 g/mol. The van der Waals surface area contributed by atoms with Crippen LogP contribution in [-0.4, -0.2) is 13.2 Å². The molecule has 1 atom stereocenters. The molecule has 0 aliphatic rings. The largest absolute Gasteiger partial charge is 0.410 e. The van der Waals surface area contributed by atoms with E-state index < -0.39 is 11.7 Å². The number of benzene rings is 1. The van der Waals surface area contributed by atoms with Crippen molar-refractivity contribution in [2.45, 2.75) is 38.9 Å². The third kappa shape index (κ3) is 3.05. The molecule has 1 nitrogen and oxygen atoms in total. The van der Waals surface area contributed by atoms with E-state index in [-0.39, 0.29) is 5.56 Å². The lowest BCUT2D eigenvalue weighted by Gasteiger charge is -2.32. The van der Waals surface area contributed by atoms with E-state index >= 15 is 0 Å². The highest BCUT2D eigenvalue weighted by Crippen LogP contribution is 2.38. The van der Waals surface area contributed by atoms with E-state index in [1.165, 1.54) is 7.05 Å². The lowest BCUT2D eigenvalue weighted by molar-refractivity contribution is -0.193. The quantitative estimate of drug-likeness (QED) is 0.865. The van der Waals surface area contributed by atoms with Crippen molar-refractivity contribution in [1.29, 1.82) is 0 Å². The van der Waals surface area contributed by atoms with Gasteiger partial charge in [-0.2, -0.15) is 13.2 Å². The highest BCUT2D eigenvalue weighted by molar-refractivity contribution is 5.29. The average molecular weight is 259 g/mol. The zero-order chi connectivity index (χ0) is 14.0. The molecule has 0 fully saturated rings. The van der Waals surface area contributed by atoms with Crippen LogP contribution in [0.1, 0.15) is 31.9 Å². The Labute approximate surface area is 106 Å². The Balaban J connectivity index is 3.03. The maximum Gasteiger partial charge on any atom is 0.410 e. The van der Waals surface area contributed by atoms with Crippen LogP contribution in [0, 0.1) is 5.92 Å². The van der Waals surface area contributed by atoms with Gasteiger partial charge >= 0.3 is 6.18 Å². The molecule has 0 spiro atoms. The standard InChI is InChI=1S/C14H20F3N/c1-10(2)9-11-5-7-12(8-6-11)13(3,18-4)14(15,16)17/h5-8,10,18H,9H2,1-4H3. The third-order valence-corrected chi connectivity index (χ3v) is 3.24. The summed E-state index contributed by atoms with van der Waals surface area (Å²) in [5, 5.41) is 2.37. The van der Waals surface area contributed by atoms with Gasteiger partial charge in [0.05, 0.1) is 0 Å². The van der Waals surface area contributed by atoms with Gasteiger partial charge in [0.1, 0.15) is 5.54 Å². The van der Waals surface area contributed by atoms with E-state index in [0.29, 0.717) is 5.92 Å². The van der Waals surface area contributed by atoms with Crippen LogP contribution in [0.2, 0.25) is 0 Å². The predicted molar refractivity (Wildman–Crippen MR) is 67.5 cm³/mol. The maximum absolute atomic E-state index is 13.0. The Morgan fingerprint density at radius 1 is 1.11 bits per heavy atom. The number of hydrogen-bond acceptors (Lipinski definition) is 1. The van der Waals surface area contributed by atoms with Gasteiger partial charge in [0, 0.05) is 0 Å². The van der Waals surface area contributed by atoms with Crippen molar-refractivity contribution in [1.82, 2.24) is 5.32 Å². The lowest BCUT2D eigenvalue weighted by atomic mass is 9.90. The van der Waals surface area contributed by atoms with Crippen molar-refractivity contribution in [3.05, 3.63) is 35.4 Å². The number of rotatable bonds is 4. The first-order valence-electron chi connectivity index (χ1n) is 6.05. The molecule has 0 heterocycles. The summed E-state index contributed by atoms with van der Waals surface area (Å²) in [6.07, 6.45) is -3.44.